The smallest absolute Gasteiger partial charge is 0.351 e. The van der Waals surface area contributed by atoms with Gasteiger partial charge in [-0.3, -0.25) is 4.57 Å². The lowest BCUT2D eigenvalue weighted by Gasteiger charge is -2.24. The highest BCUT2D eigenvalue weighted by molar-refractivity contribution is 6.04. The summed E-state index contributed by atoms with van der Waals surface area (Å²) in [4.78, 5) is 42.1. The van der Waals surface area contributed by atoms with Crippen LogP contribution in [-0.2, 0) is 14.2 Å². The van der Waals surface area contributed by atoms with E-state index in [1.807, 2.05) is 24.3 Å². The molecule has 6 rings (SSSR count). The molecule has 11 heteroatoms. The van der Waals surface area contributed by atoms with Crippen LogP contribution in [-0.4, -0.2) is 46.2 Å². The minimum Gasteiger partial charge on any atom is -0.459 e. The number of nitrogen functional groups attached to an aromatic ring is 1. The molecule has 5 aromatic rings. The van der Waals surface area contributed by atoms with Gasteiger partial charge in [0.25, 0.3) is 0 Å². The first-order chi connectivity index (χ1) is 20.2. The van der Waals surface area contributed by atoms with Crippen LogP contribution in [0.3, 0.4) is 0 Å². The minimum atomic E-state index is -3.93. The van der Waals surface area contributed by atoms with Crippen molar-refractivity contribution in [2.75, 3.05) is 12.3 Å². The second kappa shape index (κ2) is 10.7. The van der Waals surface area contributed by atoms with Gasteiger partial charge in [0.05, 0.1) is 11.1 Å². The molecule has 2 heterocycles. The molecule has 0 amide bonds. The summed E-state index contributed by atoms with van der Waals surface area (Å²) in [6.07, 6.45) is -5.05. The Hall–Kier alpha value is -5.16. The fraction of sp³-hybridized carbons (Fsp3) is 0.161. The molecule has 2 N–H and O–H groups in total. The number of rotatable bonds is 6. The summed E-state index contributed by atoms with van der Waals surface area (Å²) in [5, 5.41) is 2.90. The predicted molar refractivity (Wildman–Crippen MR) is 149 cm³/mol. The van der Waals surface area contributed by atoms with Crippen LogP contribution in [0.15, 0.2) is 102 Å². The molecular weight excluding hydrogens is 548 g/mol. The molecule has 3 atom stereocenters. The molecule has 0 unspecified atom stereocenters. The van der Waals surface area contributed by atoms with Crippen molar-refractivity contribution in [1.82, 2.24) is 9.55 Å². The first kappa shape index (κ1) is 27.0. The van der Waals surface area contributed by atoms with Gasteiger partial charge >= 0.3 is 23.6 Å². The number of aromatic nitrogens is 2. The van der Waals surface area contributed by atoms with E-state index in [1.54, 1.807) is 54.6 Å². The van der Waals surface area contributed by atoms with Gasteiger partial charge in [-0.2, -0.15) is 13.8 Å². The van der Waals surface area contributed by atoms with Gasteiger partial charge in [0.15, 0.2) is 6.10 Å². The highest BCUT2D eigenvalue weighted by atomic mass is 19.3. The van der Waals surface area contributed by atoms with Gasteiger partial charge in [-0.15, -0.1) is 0 Å². The largest absolute Gasteiger partial charge is 0.459 e. The van der Waals surface area contributed by atoms with Crippen molar-refractivity contribution in [2.45, 2.75) is 24.4 Å². The molecule has 1 aliphatic heterocycles. The Balaban J connectivity index is 1.30. The fourth-order valence-electron chi connectivity index (χ4n) is 4.99. The molecule has 1 saturated heterocycles. The number of hydrogen-bond acceptors (Lipinski definition) is 8. The number of nitrogens with two attached hydrogens (primary N) is 1. The number of alkyl halides is 2. The molecule has 1 aromatic heterocycles. The molecule has 0 spiro atoms. The zero-order valence-electron chi connectivity index (χ0n) is 21.9. The summed E-state index contributed by atoms with van der Waals surface area (Å²) in [6, 6.07) is 25.2. The number of nitrogens with zero attached hydrogens (tertiary/aromatic N) is 2. The lowest BCUT2D eigenvalue weighted by atomic mass is 10.0. The highest BCUT2D eigenvalue weighted by Gasteiger charge is 2.63. The number of halogens is 2. The number of carbonyl (C=O) groups excluding carboxylic acids is 2. The molecule has 42 heavy (non-hydrogen) atoms. The standard InChI is InChI=1S/C31H23F2N3O6/c32-31(33)26(42-28(38)23-11-5-9-19-7-3-4-10-22(19)23)24(41-29(31)36-15-14-25(34)35-30(36)39)17-40-27(37)21-13-12-18-6-1-2-8-20(18)16-21/h1-16,24,26,29H,17H2,(H2,34,35,39)/t24-,26-,29-/m1/s1. The van der Waals surface area contributed by atoms with Gasteiger partial charge in [-0.25, -0.2) is 14.4 Å². The zero-order valence-corrected chi connectivity index (χ0v) is 21.9. The first-order valence-electron chi connectivity index (χ1n) is 12.9. The van der Waals surface area contributed by atoms with E-state index in [4.69, 9.17) is 19.9 Å². The third kappa shape index (κ3) is 4.94. The lowest BCUT2D eigenvalue weighted by Crippen LogP contribution is -2.44. The van der Waals surface area contributed by atoms with Crippen molar-refractivity contribution in [3.05, 3.63) is 119 Å². The van der Waals surface area contributed by atoms with Crippen LogP contribution >= 0.6 is 0 Å². The quantitative estimate of drug-likeness (QED) is 0.290. The van der Waals surface area contributed by atoms with E-state index < -0.39 is 48.6 Å². The zero-order chi connectivity index (χ0) is 29.4. The molecule has 1 aliphatic rings. The molecular formula is C31H23F2N3O6. The number of carbonyl (C=O) groups is 2. The number of ether oxygens (including phenoxy) is 3. The van der Waals surface area contributed by atoms with Crippen LogP contribution in [0, 0.1) is 0 Å². The van der Waals surface area contributed by atoms with Crippen LogP contribution in [0.4, 0.5) is 14.6 Å². The SMILES string of the molecule is Nc1ccn([C@@H]2O[C@H](COC(=O)c3ccc4ccccc4c3)[C@@H](OC(=O)c3cccc4ccccc34)C2(F)F)c(=O)n1. The van der Waals surface area contributed by atoms with E-state index in [2.05, 4.69) is 4.98 Å². The monoisotopic (exact) mass is 571 g/mol. The molecule has 4 aromatic carbocycles. The number of fused-ring (bicyclic) bond motifs is 2. The molecule has 0 radical (unpaired) electrons. The summed E-state index contributed by atoms with van der Waals surface area (Å²) in [5.41, 5.74) is 4.68. The van der Waals surface area contributed by atoms with Crippen molar-refractivity contribution in [3.63, 3.8) is 0 Å². The maximum atomic E-state index is 15.9. The topological polar surface area (TPSA) is 123 Å². The number of hydrogen-bond donors (Lipinski definition) is 1. The van der Waals surface area contributed by atoms with Crippen molar-refractivity contribution in [2.24, 2.45) is 0 Å². The molecule has 212 valence electrons. The number of esters is 2. The predicted octanol–water partition coefficient (Wildman–Crippen LogP) is 4.75. The molecule has 0 saturated carbocycles. The third-order valence-corrected chi connectivity index (χ3v) is 7.06. The maximum Gasteiger partial charge on any atom is 0.351 e. The van der Waals surface area contributed by atoms with Crippen molar-refractivity contribution in [3.8, 4) is 0 Å². The third-order valence-electron chi connectivity index (χ3n) is 7.06. The number of benzene rings is 4. The van der Waals surface area contributed by atoms with Gasteiger partial charge in [-0.1, -0.05) is 66.7 Å². The fourth-order valence-corrected chi connectivity index (χ4v) is 4.99. The van der Waals surface area contributed by atoms with Crippen molar-refractivity contribution >= 4 is 39.3 Å². The lowest BCUT2D eigenvalue weighted by molar-refractivity contribution is -0.142. The molecule has 0 bridgehead atoms. The van der Waals surface area contributed by atoms with Crippen LogP contribution < -0.4 is 11.4 Å². The Bertz CT molecular complexity index is 1890. The van der Waals surface area contributed by atoms with E-state index in [9.17, 15) is 14.4 Å². The normalized spacial score (nSPS) is 19.5. The van der Waals surface area contributed by atoms with Crippen LogP contribution in [0.1, 0.15) is 26.9 Å². The average molecular weight is 572 g/mol. The van der Waals surface area contributed by atoms with Crippen LogP contribution in [0.25, 0.3) is 21.5 Å². The Morgan fingerprint density at radius 1 is 0.905 bits per heavy atom. The highest BCUT2D eigenvalue weighted by Crippen LogP contribution is 2.44. The Morgan fingerprint density at radius 3 is 2.40 bits per heavy atom. The van der Waals surface area contributed by atoms with Crippen LogP contribution in [0.2, 0.25) is 0 Å². The van der Waals surface area contributed by atoms with E-state index in [1.165, 1.54) is 6.07 Å². The van der Waals surface area contributed by atoms with Crippen LogP contribution in [0.5, 0.6) is 0 Å². The summed E-state index contributed by atoms with van der Waals surface area (Å²) < 4.78 is 48.7. The van der Waals surface area contributed by atoms with Gasteiger partial charge < -0.3 is 19.9 Å². The number of anilines is 1. The van der Waals surface area contributed by atoms with Gasteiger partial charge in [0, 0.05) is 6.20 Å². The summed E-state index contributed by atoms with van der Waals surface area (Å²) in [5.74, 6) is -5.92. The maximum absolute atomic E-state index is 15.9. The van der Waals surface area contributed by atoms with Gasteiger partial charge in [0.1, 0.15) is 18.5 Å². The minimum absolute atomic E-state index is 0.0607. The van der Waals surface area contributed by atoms with Gasteiger partial charge in [-0.05, 0) is 45.8 Å². The van der Waals surface area contributed by atoms with Crippen molar-refractivity contribution < 1.29 is 32.6 Å². The Morgan fingerprint density at radius 2 is 1.62 bits per heavy atom. The van der Waals surface area contributed by atoms with E-state index >= 15 is 8.78 Å². The molecule has 9 nitrogen and oxygen atoms in total. The van der Waals surface area contributed by atoms with E-state index in [0.29, 0.717) is 15.3 Å². The summed E-state index contributed by atoms with van der Waals surface area (Å²) in [6.45, 7) is -0.692. The second-order valence-corrected chi connectivity index (χ2v) is 9.76. The first-order valence-corrected chi connectivity index (χ1v) is 12.9. The molecule has 1 fully saturated rings. The van der Waals surface area contributed by atoms with Gasteiger partial charge in [0.2, 0.25) is 6.23 Å². The van der Waals surface area contributed by atoms with Crippen molar-refractivity contribution in [1.29, 1.82) is 0 Å². The Kier molecular flexibility index (Phi) is 6.87. The summed E-state index contributed by atoms with van der Waals surface area (Å²) >= 11 is 0. The molecule has 0 aliphatic carbocycles. The average Bonchev–Trinajstić information content (AvgIpc) is 3.23. The Labute approximate surface area is 237 Å². The second-order valence-electron chi connectivity index (χ2n) is 9.76. The van der Waals surface area contributed by atoms with E-state index in [-0.39, 0.29) is 16.9 Å². The summed E-state index contributed by atoms with van der Waals surface area (Å²) in [7, 11) is 0. The van der Waals surface area contributed by atoms with E-state index in [0.717, 1.165) is 23.0 Å².